The molecule has 116 valence electrons. The molecule has 5 nitrogen and oxygen atoms in total. The van der Waals surface area contributed by atoms with Gasteiger partial charge in [-0.25, -0.2) is 0 Å². The maximum absolute atomic E-state index is 11.8. The average Bonchev–Trinajstić information content (AvgIpc) is 2.50. The topological polar surface area (TPSA) is 64.6 Å². The first-order valence-electron chi connectivity index (χ1n) is 7.09. The minimum Gasteiger partial charge on any atom is -0.461 e. The second kappa shape index (κ2) is 9.94. The molecule has 1 aromatic carbocycles. The van der Waals surface area contributed by atoms with Crippen molar-refractivity contribution in [3.63, 3.8) is 0 Å². The zero-order valence-corrected chi connectivity index (χ0v) is 12.6. The Bertz CT molecular complexity index is 433. The van der Waals surface area contributed by atoms with Crippen LogP contribution in [-0.4, -0.2) is 32.1 Å². The van der Waals surface area contributed by atoms with Gasteiger partial charge >= 0.3 is 5.97 Å². The van der Waals surface area contributed by atoms with Crippen molar-refractivity contribution >= 4 is 11.9 Å². The van der Waals surface area contributed by atoms with E-state index < -0.39 is 5.92 Å². The van der Waals surface area contributed by atoms with Crippen LogP contribution in [0.1, 0.15) is 25.3 Å². The Morgan fingerprint density at radius 3 is 2.62 bits per heavy atom. The molecule has 0 fully saturated rings. The van der Waals surface area contributed by atoms with E-state index in [1.165, 1.54) is 0 Å². The summed E-state index contributed by atoms with van der Waals surface area (Å²) in [6, 6.07) is 9.46. The first-order valence-corrected chi connectivity index (χ1v) is 7.09. The van der Waals surface area contributed by atoms with Crippen molar-refractivity contribution in [1.82, 2.24) is 5.32 Å². The highest BCUT2D eigenvalue weighted by Gasteiger charge is 2.17. The number of methoxy groups -OCH3 is 1. The molecule has 1 rings (SSSR count). The van der Waals surface area contributed by atoms with Gasteiger partial charge in [0.25, 0.3) is 0 Å². The Balaban J connectivity index is 2.22. The number of hydrogen-bond acceptors (Lipinski definition) is 4. The summed E-state index contributed by atoms with van der Waals surface area (Å²) in [5, 5.41) is 2.77. The molecule has 1 unspecified atom stereocenters. The van der Waals surface area contributed by atoms with E-state index >= 15 is 0 Å². The summed E-state index contributed by atoms with van der Waals surface area (Å²) < 4.78 is 10.1. The van der Waals surface area contributed by atoms with Gasteiger partial charge in [-0.3, -0.25) is 9.59 Å². The lowest BCUT2D eigenvalue weighted by atomic mass is 10.1. The lowest BCUT2D eigenvalue weighted by Gasteiger charge is -2.12. The standard InChI is InChI=1S/C16H23NO4/c1-13(16(19)17-9-6-10-20-2)11-15(18)21-12-14-7-4-3-5-8-14/h3-5,7-8,13H,6,9-12H2,1-2H3,(H,17,19). The highest BCUT2D eigenvalue weighted by Crippen LogP contribution is 2.06. The molecule has 0 aliphatic rings. The van der Waals surface area contributed by atoms with Gasteiger partial charge in [-0.1, -0.05) is 37.3 Å². The van der Waals surface area contributed by atoms with E-state index in [-0.39, 0.29) is 24.9 Å². The predicted octanol–water partition coefficient (Wildman–Crippen LogP) is 1.91. The van der Waals surface area contributed by atoms with E-state index in [1.54, 1.807) is 14.0 Å². The van der Waals surface area contributed by atoms with Gasteiger partial charge in [0, 0.05) is 26.2 Å². The fourth-order valence-electron chi connectivity index (χ4n) is 1.74. The number of ether oxygens (including phenoxy) is 2. The summed E-state index contributed by atoms with van der Waals surface area (Å²) in [5.41, 5.74) is 0.933. The lowest BCUT2D eigenvalue weighted by Crippen LogP contribution is -2.31. The van der Waals surface area contributed by atoms with Crippen LogP contribution in [0, 0.1) is 5.92 Å². The van der Waals surface area contributed by atoms with Gasteiger partial charge in [-0.15, -0.1) is 0 Å². The first kappa shape index (κ1) is 17.2. The number of benzene rings is 1. The average molecular weight is 293 g/mol. The van der Waals surface area contributed by atoms with Gasteiger partial charge in [0.1, 0.15) is 6.61 Å². The second-order valence-electron chi connectivity index (χ2n) is 4.89. The van der Waals surface area contributed by atoms with Crippen molar-refractivity contribution in [1.29, 1.82) is 0 Å². The fraction of sp³-hybridized carbons (Fsp3) is 0.500. The molecule has 1 aromatic rings. The third-order valence-electron chi connectivity index (χ3n) is 2.99. The molecule has 0 heterocycles. The molecule has 21 heavy (non-hydrogen) atoms. The lowest BCUT2D eigenvalue weighted by molar-refractivity contribution is -0.147. The monoisotopic (exact) mass is 293 g/mol. The normalized spacial score (nSPS) is 11.7. The molecular formula is C16H23NO4. The Morgan fingerprint density at radius 1 is 1.24 bits per heavy atom. The molecule has 1 atom stereocenters. The van der Waals surface area contributed by atoms with E-state index in [9.17, 15) is 9.59 Å². The Kier molecular flexibility index (Phi) is 8.12. The number of amides is 1. The van der Waals surface area contributed by atoms with Gasteiger partial charge in [-0.05, 0) is 12.0 Å². The molecule has 0 saturated carbocycles. The molecule has 0 bridgehead atoms. The van der Waals surface area contributed by atoms with Crippen LogP contribution in [0.4, 0.5) is 0 Å². The third kappa shape index (κ3) is 7.46. The Labute approximate surface area is 125 Å². The summed E-state index contributed by atoms with van der Waals surface area (Å²) in [7, 11) is 1.62. The second-order valence-corrected chi connectivity index (χ2v) is 4.89. The van der Waals surface area contributed by atoms with Crippen LogP contribution in [0.2, 0.25) is 0 Å². The van der Waals surface area contributed by atoms with Crippen LogP contribution in [0.3, 0.4) is 0 Å². The maximum atomic E-state index is 11.8. The molecule has 0 spiro atoms. The molecule has 0 aliphatic heterocycles. The summed E-state index contributed by atoms with van der Waals surface area (Å²) in [4.78, 5) is 23.4. The summed E-state index contributed by atoms with van der Waals surface area (Å²) in [6.45, 7) is 3.11. The molecule has 1 N–H and O–H groups in total. The third-order valence-corrected chi connectivity index (χ3v) is 2.99. The number of nitrogens with one attached hydrogen (secondary N) is 1. The summed E-state index contributed by atoms with van der Waals surface area (Å²) in [6.07, 6.45) is 0.844. The summed E-state index contributed by atoms with van der Waals surface area (Å²) >= 11 is 0. The van der Waals surface area contributed by atoms with Crippen molar-refractivity contribution in [3.8, 4) is 0 Å². The highest BCUT2D eigenvalue weighted by molar-refractivity contribution is 5.83. The Hall–Kier alpha value is -1.88. The van der Waals surface area contributed by atoms with E-state index in [1.807, 2.05) is 30.3 Å². The zero-order valence-electron chi connectivity index (χ0n) is 12.6. The van der Waals surface area contributed by atoms with E-state index in [4.69, 9.17) is 9.47 Å². The van der Waals surface area contributed by atoms with E-state index in [0.29, 0.717) is 13.2 Å². The van der Waals surface area contributed by atoms with Gasteiger partial charge in [0.15, 0.2) is 0 Å². The van der Waals surface area contributed by atoms with Gasteiger partial charge in [0.05, 0.1) is 6.42 Å². The molecule has 0 radical (unpaired) electrons. The number of esters is 1. The molecule has 0 aliphatic carbocycles. The van der Waals surface area contributed by atoms with Crippen LogP contribution in [0.5, 0.6) is 0 Å². The summed E-state index contributed by atoms with van der Waals surface area (Å²) in [5.74, 6) is -0.892. The number of hydrogen-bond donors (Lipinski definition) is 1. The van der Waals surface area contributed by atoms with Gasteiger partial charge in [-0.2, -0.15) is 0 Å². The minimum atomic E-state index is -0.393. The van der Waals surface area contributed by atoms with Crippen molar-refractivity contribution in [2.75, 3.05) is 20.3 Å². The quantitative estimate of drug-likeness (QED) is 0.558. The van der Waals surface area contributed by atoms with Crippen LogP contribution in [0.25, 0.3) is 0 Å². The fourth-order valence-corrected chi connectivity index (χ4v) is 1.74. The zero-order chi connectivity index (χ0) is 15.5. The highest BCUT2D eigenvalue weighted by atomic mass is 16.5. The van der Waals surface area contributed by atoms with E-state index in [2.05, 4.69) is 5.32 Å². The minimum absolute atomic E-state index is 0.0863. The first-order chi connectivity index (χ1) is 10.1. The number of rotatable bonds is 9. The van der Waals surface area contributed by atoms with Crippen LogP contribution >= 0.6 is 0 Å². The van der Waals surface area contributed by atoms with Crippen molar-refractivity contribution in [2.24, 2.45) is 5.92 Å². The van der Waals surface area contributed by atoms with Gasteiger partial charge in [0.2, 0.25) is 5.91 Å². The van der Waals surface area contributed by atoms with Crippen molar-refractivity contribution in [2.45, 2.75) is 26.4 Å². The molecule has 5 heteroatoms. The largest absolute Gasteiger partial charge is 0.461 e. The van der Waals surface area contributed by atoms with E-state index in [0.717, 1.165) is 12.0 Å². The number of carbonyl (C=O) groups excluding carboxylic acids is 2. The van der Waals surface area contributed by atoms with Crippen molar-refractivity contribution < 1.29 is 19.1 Å². The Morgan fingerprint density at radius 2 is 1.95 bits per heavy atom. The SMILES string of the molecule is COCCCNC(=O)C(C)CC(=O)OCc1ccccc1. The molecule has 1 amide bonds. The maximum Gasteiger partial charge on any atom is 0.306 e. The molecule has 0 aromatic heterocycles. The number of carbonyl (C=O) groups is 2. The van der Waals surface area contributed by atoms with Crippen LogP contribution in [0.15, 0.2) is 30.3 Å². The smallest absolute Gasteiger partial charge is 0.306 e. The van der Waals surface area contributed by atoms with Gasteiger partial charge < -0.3 is 14.8 Å². The van der Waals surface area contributed by atoms with Crippen LogP contribution < -0.4 is 5.32 Å². The predicted molar refractivity (Wildman–Crippen MR) is 79.5 cm³/mol. The molecular weight excluding hydrogens is 270 g/mol. The van der Waals surface area contributed by atoms with Crippen molar-refractivity contribution in [3.05, 3.63) is 35.9 Å². The van der Waals surface area contributed by atoms with Crippen LogP contribution in [-0.2, 0) is 25.7 Å². The molecule has 0 saturated heterocycles.